The summed E-state index contributed by atoms with van der Waals surface area (Å²) in [4.78, 5) is 26.9. The van der Waals surface area contributed by atoms with Crippen LogP contribution in [-0.2, 0) is 16.1 Å². The second-order valence-electron chi connectivity index (χ2n) is 7.38. The predicted molar refractivity (Wildman–Crippen MR) is 97.8 cm³/mol. The maximum atomic E-state index is 12.6. The molecule has 0 aromatic heterocycles. The van der Waals surface area contributed by atoms with E-state index in [0.29, 0.717) is 25.0 Å². The maximum Gasteiger partial charge on any atom is 0.242 e. The number of hydrogen-bond acceptors (Lipinski definition) is 3. The van der Waals surface area contributed by atoms with Crippen LogP contribution in [0.1, 0.15) is 44.6 Å². The number of amides is 2. The Bertz CT molecular complexity index is 586. The van der Waals surface area contributed by atoms with Crippen LogP contribution in [0, 0.1) is 5.92 Å². The van der Waals surface area contributed by atoms with Gasteiger partial charge in [-0.15, -0.1) is 0 Å². The normalized spacial score (nSPS) is 22.2. The number of rotatable bonds is 7. The van der Waals surface area contributed by atoms with E-state index in [1.165, 1.54) is 18.4 Å². The number of hydrogen-bond donors (Lipinski definition) is 2. The van der Waals surface area contributed by atoms with Gasteiger partial charge >= 0.3 is 0 Å². The van der Waals surface area contributed by atoms with Gasteiger partial charge in [0.2, 0.25) is 11.8 Å². The highest BCUT2D eigenvalue weighted by Crippen LogP contribution is 2.35. The molecule has 2 aliphatic rings. The quantitative estimate of drug-likeness (QED) is 0.797. The van der Waals surface area contributed by atoms with Gasteiger partial charge in [0, 0.05) is 19.1 Å². The second-order valence-corrected chi connectivity index (χ2v) is 7.38. The Kier molecular flexibility index (Phi) is 6.08. The van der Waals surface area contributed by atoms with Gasteiger partial charge in [-0.1, -0.05) is 30.3 Å². The van der Waals surface area contributed by atoms with Gasteiger partial charge in [-0.2, -0.15) is 0 Å². The molecule has 1 heterocycles. The molecule has 1 saturated heterocycles. The lowest BCUT2D eigenvalue weighted by atomic mass is 10.1. The van der Waals surface area contributed by atoms with Crippen LogP contribution < -0.4 is 10.6 Å². The van der Waals surface area contributed by atoms with Gasteiger partial charge in [-0.05, 0) is 50.5 Å². The number of nitrogens with zero attached hydrogens (tertiary/aromatic N) is 1. The molecule has 5 heteroatoms. The summed E-state index contributed by atoms with van der Waals surface area (Å²) in [7, 11) is 0. The largest absolute Gasteiger partial charge is 0.354 e. The Morgan fingerprint density at radius 1 is 1.24 bits per heavy atom. The van der Waals surface area contributed by atoms with Gasteiger partial charge in [-0.25, -0.2) is 0 Å². The summed E-state index contributed by atoms with van der Waals surface area (Å²) in [6, 6.07) is 10.3. The third-order valence-electron chi connectivity index (χ3n) is 5.33. The molecule has 0 bridgehead atoms. The molecule has 1 aliphatic carbocycles. The van der Waals surface area contributed by atoms with Crippen molar-refractivity contribution in [1.82, 2.24) is 15.5 Å². The van der Waals surface area contributed by atoms with E-state index in [1.54, 1.807) is 0 Å². The summed E-state index contributed by atoms with van der Waals surface area (Å²) < 4.78 is 0. The molecule has 0 radical (unpaired) electrons. The maximum absolute atomic E-state index is 12.6. The SMILES string of the molecule is C[C@H](C1CC1)N(CC(=O)N[C@@H]1CCCCNC1=O)Cc1ccccc1. The highest BCUT2D eigenvalue weighted by Gasteiger charge is 2.33. The molecule has 1 aromatic carbocycles. The first-order chi connectivity index (χ1) is 12.1. The van der Waals surface area contributed by atoms with E-state index in [2.05, 4.69) is 34.6 Å². The van der Waals surface area contributed by atoms with Gasteiger partial charge in [-0.3, -0.25) is 14.5 Å². The number of carbonyl (C=O) groups is 2. The first-order valence-electron chi connectivity index (χ1n) is 9.48. The molecular formula is C20H29N3O2. The van der Waals surface area contributed by atoms with Gasteiger partial charge in [0.1, 0.15) is 6.04 Å². The predicted octanol–water partition coefficient (Wildman–Crippen LogP) is 2.07. The van der Waals surface area contributed by atoms with Crippen molar-refractivity contribution < 1.29 is 9.59 Å². The average molecular weight is 343 g/mol. The fourth-order valence-electron chi connectivity index (χ4n) is 3.54. The van der Waals surface area contributed by atoms with Crippen molar-refractivity contribution in [1.29, 1.82) is 0 Å². The number of nitrogens with one attached hydrogen (secondary N) is 2. The summed E-state index contributed by atoms with van der Waals surface area (Å²) in [6.07, 6.45) is 5.18. The second kappa shape index (κ2) is 8.48. The summed E-state index contributed by atoms with van der Waals surface area (Å²) in [5.41, 5.74) is 1.22. The topological polar surface area (TPSA) is 61.4 Å². The highest BCUT2D eigenvalue weighted by atomic mass is 16.2. The minimum absolute atomic E-state index is 0.0456. The third kappa shape index (κ3) is 5.30. The molecule has 0 unspecified atom stereocenters. The fraction of sp³-hybridized carbons (Fsp3) is 0.600. The Labute approximate surface area is 150 Å². The average Bonchev–Trinajstić information content (AvgIpc) is 3.45. The first kappa shape index (κ1) is 17.9. The molecule has 5 nitrogen and oxygen atoms in total. The molecule has 1 saturated carbocycles. The molecule has 2 amide bonds. The minimum atomic E-state index is -0.384. The van der Waals surface area contributed by atoms with Crippen LogP contribution in [0.15, 0.2) is 30.3 Å². The van der Waals surface area contributed by atoms with Crippen LogP contribution in [0.2, 0.25) is 0 Å². The van der Waals surface area contributed by atoms with Gasteiger partial charge < -0.3 is 10.6 Å². The van der Waals surface area contributed by atoms with Gasteiger partial charge in [0.15, 0.2) is 0 Å². The molecule has 136 valence electrons. The van der Waals surface area contributed by atoms with Crippen LogP contribution >= 0.6 is 0 Å². The zero-order chi connectivity index (χ0) is 17.6. The first-order valence-corrected chi connectivity index (χ1v) is 9.48. The lowest BCUT2D eigenvalue weighted by Crippen LogP contribution is -2.49. The van der Waals surface area contributed by atoms with Crippen LogP contribution in [0.4, 0.5) is 0 Å². The molecule has 1 aromatic rings. The Morgan fingerprint density at radius 2 is 2.00 bits per heavy atom. The highest BCUT2D eigenvalue weighted by molar-refractivity contribution is 5.88. The van der Waals surface area contributed by atoms with Crippen LogP contribution in [0.25, 0.3) is 0 Å². The van der Waals surface area contributed by atoms with Crippen LogP contribution in [0.5, 0.6) is 0 Å². The molecular weight excluding hydrogens is 314 g/mol. The monoisotopic (exact) mass is 343 g/mol. The van der Waals surface area contributed by atoms with E-state index >= 15 is 0 Å². The lowest BCUT2D eigenvalue weighted by molar-refractivity contribution is -0.129. The summed E-state index contributed by atoms with van der Waals surface area (Å²) >= 11 is 0. The summed E-state index contributed by atoms with van der Waals surface area (Å²) in [5, 5.41) is 5.82. The van der Waals surface area contributed by atoms with Gasteiger partial charge in [0.05, 0.1) is 6.54 Å². The Balaban J connectivity index is 1.60. The van der Waals surface area contributed by atoms with E-state index in [1.807, 2.05) is 18.2 Å². The molecule has 1 aliphatic heterocycles. The van der Waals surface area contributed by atoms with Crippen molar-refractivity contribution in [2.45, 2.75) is 57.7 Å². The molecule has 2 fully saturated rings. The van der Waals surface area contributed by atoms with Crippen molar-refractivity contribution >= 4 is 11.8 Å². The van der Waals surface area contributed by atoms with E-state index in [9.17, 15) is 9.59 Å². The third-order valence-corrected chi connectivity index (χ3v) is 5.33. The standard InChI is InChI=1S/C20H29N3O2/c1-15(17-10-11-17)23(13-16-7-3-2-4-8-16)14-19(24)22-18-9-5-6-12-21-20(18)25/h2-4,7-8,15,17-18H,5-6,9-14H2,1H3,(H,21,25)(H,22,24)/t15-,18-/m1/s1. The fourth-order valence-corrected chi connectivity index (χ4v) is 3.54. The van der Waals surface area contributed by atoms with E-state index < -0.39 is 0 Å². The Hall–Kier alpha value is -1.88. The van der Waals surface area contributed by atoms with E-state index in [-0.39, 0.29) is 17.9 Å². The smallest absolute Gasteiger partial charge is 0.242 e. The van der Waals surface area contributed by atoms with Crippen molar-refractivity contribution in [3.05, 3.63) is 35.9 Å². The zero-order valence-corrected chi connectivity index (χ0v) is 15.0. The van der Waals surface area contributed by atoms with Crippen LogP contribution in [-0.4, -0.2) is 41.9 Å². The Morgan fingerprint density at radius 3 is 2.72 bits per heavy atom. The molecule has 3 rings (SSSR count). The lowest BCUT2D eigenvalue weighted by Gasteiger charge is -2.29. The molecule has 2 atom stereocenters. The van der Waals surface area contributed by atoms with E-state index in [0.717, 1.165) is 25.8 Å². The van der Waals surface area contributed by atoms with Crippen LogP contribution in [0.3, 0.4) is 0 Å². The van der Waals surface area contributed by atoms with Crippen molar-refractivity contribution in [3.8, 4) is 0 Å². The van der Waals surface area contributed by atoms with Crippen molar-refractivity contribution in [2.75, 3.05) is 13.1 Å². The van der Waals surface area contributed by atoms with Crippen molar-refractivity contribution in [2.24, 2.45) is 5.92 Å². The summed E-state index contributed by atoms with van der Waals surface area (Å²) in [6.45, 7) is 4.04. The number of benzene rings is 1. The van der Waals surface area contributed by atoms with E-state index in [4.69, 9.17) is 0 Å². The molecule has 0 spiro atoms. The van der Waals surface area contributed by atoms with Gasteiger partial charge in [0.25, 0.3) is 0 Å². The number of carbonyl (C=O) groups excluding carboxylic acids is 2. The van der Waals surface area contributed by atoms with Crippen molar-refractivity contribution in [3.63, 3.8) is 0 Å². The molecule has 25 heavy (non-hydrogen) atoms. The summed E-state index contributed by atoms with van der Waals surface area (Å²) in [5.74, 6) is 0.596. The minimum Gasteiger partial charge on any atom is -0.354 e. The molecule has 2 N–H and O–H groups in total. The zero-order valence-electron chi connectivity index (χ0n) is 15.0.